The fourth-order valence-corrected chi connectivity index (χ4v) is 3.53. The lowest BCUT2D eigenvalue weighted by Gasteiger charge is -2.38. The molecule has 0 spiro atoms. The SMILES string of the molecule is CCCCCCCCOC(=O)CC(C)O[Si](C)(C)C(C)(C)C. The van der Waals surface area contributed by atoms with E-state index >= 15 is 0 Å². The Kier molecular flexibility index (Phi) is 10.3. The Morgan fingerprint density at radius 2 is 1.59 bits per heavy atom. The maximum atomic E-state index is 11.8. The van der Waals surface area contributed by atoms with Crippen molar-refractivity contribution < 1.29 is 14.0 Å². The van der Waals surface area contributed by atoms with Crippen molar-refractivity contribution in [1.82, 2.24) is 0 Å². The summed E-state index contributed by atoms with van der Waals surface area (Å²) < 4.78 is 11.5. The van der Waals surface area contributed by atoms with E-state index < -0.39 is 8.32 Å². The first kappa shape index (κ1) is 21.6. The number of unbranched alkanes of at least 4 members (excludes halogenated alkanes) is 5. The summed E-state index contributed by atoms with van der Waals surface area (Å²) in [4.78, 5) is 11.8. The molecule has 1 unspecified atom stereocenters. The predicted molar refractivity (Wildman–Crippen MR) is 96.7 cm³/mol. The molecule has 0 fully saturated rings. The molecule has 0 amide bonds. The monoisotopic (exact) mass is 330 g/mol. The lowest BCUT2D eigenvalue weighted by Crippen LogP contribution is -2.43. The topological polar surface area (TPSA) is 35.5 Å². The second kappa shape index (κ2) is 10.4. The van der Waals surface area contributed by atoms with Gasteiger partial charge in [0.1, 0.15) is 0 Å². The Balaban J connectivity index is 3.83. The van der Waals surface area contributed by atoms with Gasteiger partial charge < -0.3 is 9.16 Å². The van der Waals surface area contributed by atoms with Gasteiger partial charge in [-0.25, -0.2) is 0 Å². The summed E-state index contributed by atoms with van der Waals surface area (Å²) in [6.07, 6.45) is 7.55. The van der Waals surface area contributed by atoms with E-state index in [-0.39, 0.29) is 17.1 Å². The molecule has 22 heavy (non-hydrogen) atoms. The first-order valence-corrected chi connectivity index (χ1v) is 11.8. The summed E-state index contributed by atoms with van der Waals surface area (Å²) in [5, 5.41) is 0.170. The molecular weight excluding hydrogens is 292 g/mol. The van der Waals surface area contributed by atoms with Crippen LogP contribution in [0.2, 0.25) is 18.1 Å². The van der Waals surface area contributed by atoms with Crippen LogP contribution in [-0.4, -0.2) is 27.0 Å². The molecule has 0 aromatic carbocycles. The van der Waals surface area contributed by atoms with Gasteiger partial charge in [0, 0.05) is 0 Å². The molecule has 0 heterocycles. The molecular formula is C18H38O3Si. The number of hydrogen-bond donors (Lipinski definition) is 0. The number of rotatable bonds is 11. The van der Waals surface area contributed by atoms with Gasteiger partial charge in [0.15, 0.2) is 8.32 Å². The average molecular weight is 331 g/mol. The van der Waals surface area contributed by atoms with Crippen LogP contribution in [0.15, 0.2) is 0 Å². The van der Waals surface area contributed by atoms with E-state index in [1.54, 1.807) is 0 Å². The molecule has 0 saturated heterocycles. The molecule has 0 aromatic rings. The molecule has 0 bridgehead atoms. The van der Waals surface area contributed by atoms with Crippen LogP contribution < -0.4 is 0 Å². The maximum absolute atomic E-state index is 11.8. The molecule has 0 aliphatic heterocycles. The molecule has 0 saturated carbocycles. The van der Waals surface area contributed by atoms with Crippen molar-refractivity contribution in [3.8, 4) is 0 Å². The van der Waals surface area contributed by atoms with Crippen LogP contribution in [0.5, 0.6) is 0 Å². The first-order chi connectivity index (χ1) is 10.1. The quantitative estimate of drug-likeness (QED) is 0.277. The summed E-state index contributed by atoms with van der Waals surface area (Å²) in [6, 6.07) is 0. The Morgan fingerprint density at radius 3 is 2.14 bits per heavy atom. The maximum Gasteiger partial charge on any atom is 0.308 e. The van der Waals surface area contributed by atoms with Crippen molar-refractivity contribution in [3.63, 3.8) is 0 Å². The zero-order valence-corrected chi connectivity index (χ0v) is 17.0. The highest BCUT2D eigenvalue weighted by atomic mass is 28.4. The number of hydrogen-bond acceptors (Lipinski definition) is 3. The molecule has 0 aliphatic carbocycles. The van der Waals surface area contributed by atoms with E-state index in [1.165, 1.54) is 25.7 Å². The highest BCUT2D eigenvalue weighted by Crippen LogP contribution is 2.37. The summed E-state index contributed by atoms with van der Waals surface area (Å²) in [5.41, 5.74) is 0. The van der Waals surface area contributed by atoms with Crippen LogP contribution in [0.4, 0.5) is 0 Å². The van der Waals surface area contributed by atoms with E-state index in [9.17, 15) is 4.79 Å². The molecule has 1 atom stereocenters. The van der Waals surface area contributed by atoms with Gasteiger partial charge in [0.25, 0.3) is 0 Å². The zero-order valence-electron chi connectivity index (χ0n) is 16.0. The van der Waals surface area contributed by atoms with Gasteiger partial charge >= 0.3 is 5.97 Å². The van der Waals surface area contributed by atoms with E-state index in [0.717, 1.165) is 12.8 Å². The lowest BCUT2D eigenvalue weighted by molar-refractivity contribution is -0.145. The Hall–Kier alpha value is -0.353. The molecule has 0 aliphatic rings. The van der Waals surface area contributed by atoms with Gasteiger partial charge in [-0.15, -0.1) is 0 Å². The van der Waals surface area contributed by atoms with Crippen molar-refractivity contribution in [2.45, 2.75) is 104 Å². The van der Waals surface area contributed by atoms with Gasteiger partial charge in [0.2, 0.25) is 0 Å². The normalized spacial score (nSPS) is 14.0. The molecule has 132 valence electrons. The Bertz CT molecular complexity index is 308. The third-order valence-electron chi connectivity index (χ3n) is 4.52. The van der Waals surface area contributed by atoms with Crippen molar-refractivity contribution in [2.75, 3.05) is 6.61 Å². The molecule has 0 N–H and O–H groups in total. The van der Waals surface area contributed by atoms with Crippen LogP contribution in [0, 0.1) is 0 Å². The zero-order chi connectivity index (χ0) is 17.2. The summed E-state index contributed by atoms with van der Waals surface area (Å²) in [5.74, 6) is -0.125. The third kappa shape index (κ3) is 9.62. The Morgan fingerprint density at radius 1 is 1.05 bits per heavy atom. The Labute approximate surface area is 139 Å². The summed E-state index contributed by atoms with van der Waals surface area (Å²) in [7, 11) is -1.80. The fraction of sp³-hybridized carbons (Fsp3) is 0.944. The van der Waals surface area contributed by atoms with Gasteiger partial charge in [-0.2, -0.15) is 0 Å². The van der Waals surface area contributed by atoms with E-state index in [2.05, 4.69) is 40.8 Å². The number of carbonyl (C=O) groups is 1. The van der Waals surface area contributed by atoms with Crippen molar-refractivity contribution in [1.29, 1.82) is 0 Å². The van der Waals surface area contributed by atoms with Crippen LogP contribution in [0.25, 0.3) is 0 Å². The van der Waals surface area contributed by atoms with Gasteiger partial charge in [-0.1, -0.05) is 59.8 Å². The van der Waals surface area contributed by atoms with Crippen molar-refractivity contribution >= 4 is 14.3 Å². The largest absolute Gasteiger partial charge is 0.466 e. The average Bonchev–Trinajstić information content (AvgIpc) is 2.35. The second-order valence-electron chi connectivity index (χ2n) is 7.88. The highest BCUT2D eigenvalue weighted by molar-refractivity contribution is 6.74. The van der Waals surface area contributed by atoms with Crippen LogP contribution in [0.3, 0.4) is 0 Å². The van der Waals surface area contributed by atoms with E-state index in [1.807, 2.05) is 6.92 Å². The van der Waals surface area contributed by atoms with E-state index in [0.29, 0.717) is 13.0 Å². The number of esters is 1. The van der Waals surface area contributed by atoms with E-state index in [4.69, 9.17) is 9.16 Å². The highest BCUT2D eigenvalue weighted by Gasteiger charge is 2.38. The minimum Gasteiger partial charge on any atom is -0.466 e. The second-order valence-corrected chi connectivity index (χ2v) is 12.6. The van der Waals surface area contributed by atoms with Gasteiger partial charge in [-0.3, -0.25) is 4.79 Å². The third-order valence-corrected chi connectivity index (χ3v) is 9.12. The first-order valence-electron chi connectivity index (χ1n) is 8.93. The van der Waals surface area contributed by atoms with Crippen LogP contribution >= 0.6 is 0 Å². The van der Waals surface area contributed by atoms with Crippen LogP contribution in [0.1, 0.15) is 79.6 Å². The molecule has 0 aromatic heterocycles. The van der Waals surface area contributed by atoms with Gasteiger partial charge in [-0.05, 0) is 31.5 Å². The molecule has 4 heteroatoms. The summed E-state index contributed by atoms with van der Waals surface area (Å²) >= 11 is 0. The number of ether oxygens (including phenoxy) is 1. The van der Waals surface area contributed by atoms with Gasteiger partial charge in [0.05, 0.1) is 19.1 Å². The van der Waals surface area contributed by atoms with Crippen LogP contribution in [-0.2, 0) is 14.0 Å². The lowest BCUT2D eigenvalue weighted by atomic mass is 10.1. The molecule has 0 rings (SSSR count). The standard InChI is InChI=1S/C18H38O3Si/c1-8-9-10-11-12-13-14-20-17(19)15-16(2)21-22(6,7)18(3,4)5/h16H,8-15H2,1-7H3. The van der Waals surface area contributed by atoms with Crippen molar-refractivity contribution in [2.24, 2.45) is 0 Å². The number of carbonyl (C=O) groups excluding carboxylic acids is 1. The molecule has 0 radical (unpaired) electrons. The predicted octanol–water partition coefficient (Wildman–Crippen LogP) is 5.69. The van der Waals surface area contributed by atoms with Crippen molar-refractivity contribution in [3.05, 3.63) is 0 Å². The molecule has 3 nitrogen and oxygen atoms in total. The fourth-order valence-electron chi connectivity index (χ4n) is 2.08. The minimum absolute atomic E-state index is 0.0575. The summed E-state index contributed by atoms with van der Waals surface area (Å²) in [6.45, 7) is 15.8. The smallest absolute Gasteiger partial charge is 0.308 e. The minimum atomic E-state index is -1.80.